The zero-order chi connectivity index (χ0) is 16.4. The summed E-state index contributed by atoms with van der Waals surface area (Å²) in [6.45, 7) is 0. The van der Waals surface area contributed by atoms with E-state index in [-0.39, 0.29) is 17.5 Å². The van der Waals surface area contributed by atoms with Crippen molar-refractivity contribution in [3.8, 4) is 0 Å². The van der Waals surface area contributed by atoms with Crippen LogP contribution >= 0.6 is 15.9 Å². The third-order valence-corrected chi connectivity index (χ3v) is 4.03. The number of nitro benzene ring substituents is 1. The van der Waals surface area contributed by atoms with Crippen molar-refractivity contribution in [2.75, 3.05) is 10.6 Å². The molecule has 3 rings (SSSR count). The maximum Gasteiger partial charge on any atom is 0.293 e. The van der Waals surface area contributed by atoms with Crippen LogP contribution in [-0.4, -0.2) is 10.8 Å². The van der Waals surface area contributed by atoms with Gasteiger partial charge < -0.3 is 10.6 Å². The van der Waals surface area contributed by atoms with Crippen LogP contribution in [0.25, 0.3) is 0 Å². The Bertz CT molecular complexity index is 758. The van der Waals surface area contributed by atoms with Crippen LogP contribution in [0.4, 0.5) is 22.7 Å². The summed E-state index contributed by atoms with van der Waals surface area (Å²) in [6.07, 6.45) is 1.91. The molecule has 118 valence electrons. The SMILES string of the molecule is O=C(Nc1ccc(Nc2ccc(Br)cc2[N+](=O)[O-])cc1)C1CC1. The van der Waals surface area contributed by atoms with Gasteiger partial charge in [0.05, 0.1) is 4.92 Å². The largest absolute Gasteiger partial charge is 0.350 e. The van der Waals surface area contributed by atoms with Crippen LogP contribution in [0.15, 0.2) is 46.9 Å². The van der Waals surface area contributed by atoms with Crippen LogP contribution in [0.3, 0.4) is 0 Å². The smallest absolute Gasteiger partial charge is 0.293 e. The Morgan fingerprint density at radius 3 is 2.39 bits per heavy atom. The highest BCUT2D eigenvalue weighted by atomic mass is 79.9. The first kappa shape index (κ1) is 15.5. The second-order valence-corrected chi connectivity index (χ2v) is 6.30. The number of benzene rings is 2. The highest BCUT2D eigenvalue weighted by Crippen LogP contribution is 2.32. The fourth-order valence-electron chi connectivity index (χ4n) is 2.14. The minimum Gasteiger partial charge on any atom is -0.350 e. The normalized spacial score (nSPS) is 13.4. The van der Waals surface area contributed by atoms with Crippen LogP contribution < -0.4 is 10.6 Å². The van der Waals surface area contributed by atoms with Gasteiger partial charge in [-0.25, -0.2) is 0 Å². The zero-order valence-electron chi connectivity index (χ0n) is 12.1. The number of hydrogen-bond donors (Lipinski definition) is 2. The summed E-state index contributed by atoms with van der Waals surface area (Å²) >= 11 is 3.23. The van der Waals surface area contributed by atoms with Gasteiger partial charge in [0.2, 0.25) is 5.91 Å². The van der Waals surface area contributed by atoms with E-state index in [0.29, 0.717) is 15.8 Å². The van der Waals surface area contributed by atoms with Crippen molar-refractivity contribution in [3.05, 3.63) is 57.1 Å². The molecular weight excluding hydrogens is 362 g/mol. The Balaban J connectivity index is 1.73. The topological polar surface area (TPSA) is 84.3 Å². The zero-order valence-corrected chi connectivity index (χ0v) is 13.7. The lowest BCUT2D eigenvalue weighted by Crippen LogP contribution is -2.13. The first-order valence-corrected chi connectivity index (χ1v) is 7.94. The number of nitrogens with zero attached hydrogens (tertiary/aromatic N) is 1. The van der Waals surface area contributed by atoms with Crippen molar-refractivity contribution in [1.29, 1.82) is 0 Å². The lowest BCUT2D eigenvalue weighted by Gasteiger charge is -2.09. The highest BCUT2D eigenvalue weighted by Gasteiger charge is 2.29. The molecule has 1 amide bonds. The molecule has 2 aromatic carbocycles. The summed E-state index contributed by atoms with van der Waals surface area (Å²) in [7, 11) is 0. The second kappa shape index (κ2) is 6.37. The molecule has 0 spiro atoms. The summed E-state index contributed by atoms with van der Waals surface area (Å²) in [5.74, 6) is 0.201. The van der Waals surface area contributed by atoms with Gasteiger partial charge in [0.25, 0.3) is 5.69 Å². The van der Waals surface area contributed by atoms with Crippen LogP contribution in [0.2, 0.25) is 0 Å². The first-order chi connectivity index (χ1) is 11.0. The van der Waals surface area contributed by atoms with Crippen molar-refractivity contribution in [3.63, 3.8) is 0 Å². The molecule has 2 aromatic rings. The number of hydrogen-bond acceptors (Lipinski definition) is 4. The quantitative estimate of drug-likeness (QED) is 0.597. The molecule has 0 unspecified atom stereocenters. The lowest BCUT2D eigenvalue weighted by atomic mass is 10.2. The molecule has 0 aromatic heterocycles. The number of amides is 1. The minimum atomic E-state index is -0.433. The van der Waals surface area contributed by atoms with E-state index in [0.717, 1.165) is 18.5 Å². The van der Waals surface area contributed by atoms with Crippen LogP contribution in [0.5, 0.6) is 0 Å². The Hall–Kier alpha value is -2.41. The van der Waals surface area contributed by atoms with Gasteiger partial charge in [0.1, 0.15) is 5.69 Å². The summed E-state index contributed by atoms with van der Waals surface area (Å²) in [4.78, 5) is 22.4. The van der Waals surface area contributed by atoms with Gasteiger partial charge in [-0.15, -0.1) is 0 Å². The van der Waals surface area contributed by atoms with Crippen molar-refractivity contribution in [1.82, 2.24) is 0 Å². The van der Waals surface area contributed by atoms with E-state index in [1.165, 1.54) is 6.07 Å². The lowest BCUT2D eigenvalue weighted by molar-refractivity contribution is -0.384. The van der Waals surface area contributed by atoms with Crippen molar-refractivity contribution >= 4 is 44.6 Å². The molecule has 0 heterocycles. The Kier molecular flexibility index (Phi) is 4.29. The van der Waals surface area contributed by atoms with Gasteiger partial charge in [0.15, 0.2) is 0 Å². The average Bonchev–Trinajstić information content (AvgIpc) is 3.35. The van der Waals surface area contributed by atoms with Gasteiger partial charge >= 0.3 is 0 Å². The Morgan fingerprint density at radius 1 is 1.13 bits per heavy atom. The Labute approximate surface area is 141 Å². The molecule has 0 bridgehead atoms. The predicted octanol–water partition coefficient (Wildman–Crippen LogP) is 4.45. The fraction of sp³-hybridized carbons (Fsp3) is 0.188. The molecule has 1 saturated carbocycles. The molecule has 1 aliphatic carbocycles. The average molecular weight is 376 g/mol. The number of carbonyl (C=O) groups is 1. The van der Waals surface area contributed by atoms with Crippen molar-refractivity contribution in [2.24, 2.45) is 5.92 Å². The van der Waals surface area contributed by atoms with Gasteiger partial charge in [-0.1, -0.05) is 15.9 Å². The van der Waals surface area contributed by atoms with Crippen LogP contribution in [0.1, 0.15) is 12.8 Å². The number of nitrogens with one attached hydrogen (secondary N) is 2. The van der Waals surface area contributed by atoms with Crippen molar-refractivity contribution < 1.29 is 9.72 Å². The highest BCUT2D eigenvalue weighted by molar-refractivity contribution is 9.10. The van der Waals surface area contributed by atoms with E-state index in [1.807, 2.05) is 0 Å². The molecule has 1 fully saturated rings. The van der Waals surface area contributed by atoms with E-state index >= 15 is 0 Å². The molecule has 0 atom stereocenters. The number of halogens is 1. The Morgan fingerprint density at radius 2 is 1.78 bits per heavy atom. The molecule has 6 nitrogen and oxygen atoms in total. The van der Waals surface area contributed by atoms with Crippen LogP contribution in [-0.2, 0) is 4.79 Å². The molecule has 23 heavy (non-hydrogen) atoms. The maximum atomic E-state index is 11.7. The van der Waals surface area contributed by atoms with Gasteiger partial charge in [-0.05, 0) is 49.2 Å². The summed E-state index contributed by atoms with van der Waals surface area (Å²) in [5, 5.41) is 17.0. The fourth-order valence-corrected chi connectivity index (χ4v) is 2.49. The van der Waals surface area contributed by atoms with E-state index in [1.54, 1.807) is 36.4 Å². The molecule has 0 saturated heterocycles. The first-order valence-electron chi connectivity index (χ1n) is 7.15. The van der Waals surface area contributed by atoms with E-state index < -0.39 is 4.92 Å². The summed E-state index contributed by atoms with van der Waals surface area (Å²) < 4.78 is 0.646. The van der Waals surface area contributed by atoms with Gasteiger partial charge in [0, 0.05) is 27.8 Å². The molecule has 1 aliphatic rings. The maximum absolute atomic E-state index is 11.7. The minimum absolute atomic E-state index is 0.00881. The van der Waals surface area contributed by atoms with E-state index in [9.17, 15) is 14.9 Å². The number of anilines is 3. The standard InChI is InChI=1S/C16H14BrN3O3/c17-11-3-8-14(15(9-11)20(22)23)18-12-4-6-13(7-5-12)19-16(21)10-1-2-10/h3-10,18H,1-2H2,(H,19,21). The monoisotopic (exact) mass is 375 g/mol. The third-order valence-electron chi connectivity index (χ3n) is 3.54. The number of carbonyl (C=O) groups excluding carboxylic acids is 1. The summed E-state index contributed by atoms with van der Waals surface area (Å²) in [5.41, 5.74) is 1.83. The van der Waals surface area contributed by atoms with E-state index in [2.05, 4.69) is 26.6 Å². The molecule has 0 radical (unpaired) electrons. The molecular formula is C16H14BrN3O3. The van der Waals surface area contributed by atoms with Gasteiger partial charge in [-0.2, -0.15) is 0 Å². The van der Waals surface area contributed by atoms with Gasteiger partial charge in [-0.3, -0.25) is 14.9 Å². The van der Waals surface area contributed by atoms with Crippen molar-refractivity contribution in [2.45, 2.75) is 12.8 Å². The molecule has 0 aliphatic heterocycles. The molecule has 2 N–H and O–H groups in total. The predicted molar refractivity (Wildman–Crippen MR) is 91.9 cm³/mol. The molecule has 7 heteroatoms. The third kappa shape index (κ3) is 3.87. The van der Waals surface area contributed by atoms with Crippen LogP contribution in [0, 0.1) is 16.0 Å². The summed E-state index contributed by atoms with van der Waals surface area (Å²) in [6, 6.07) is 11.9. The second-order valence-electron chi connectivity index (χ2n) is 5.38. The van der Waals surface area contributed by atoms with E-state index in [4.69, 9.17) is 0 Å². The number of rotatable bonds is 5. The number of nitro groups is 1.